The Hall–Kier alpha value is -1.70. The second-order valence-electron chi connectivity index (χ2n) is 5.51. The van der Waals surface area contributed by atoms with E-state index in [9.17, 15) is 13.2 Å². The lowest BCUT2D eigenvalue weighted by Gasteiger charge is -2.18. The quantitative estimate of drug-likeness (QED) is 0.821. The minimum absolute atomic E-state index is 0.138. The molecule has 0 saturated carbocycles. The lowest BCUT2D eigenvalue weighted by Crippen LogP contribution is -2.35. The molecule has 0 aromatic heterocycles. The van der Waals surface area contributed by atoms with Gasteiger partial charge in [0.1, 0.15) is 0 Å². The van der Waals surface area contributed by atoms with E-state index in [1.807, 2.05) is 26.0 Å². The van der Waals surface area contributed by atoms with Crippen molar-refractivity contribution >= 4 is 37.5 Å². The first-order chi connectivity index (χ1) is 11.2. The molecule has 1 amide bonds. The fourth-order valence-corrected chi connectivity index (χ4v) is 3.90. The van der Waals surface area contributed by atoms with Gasteiger partial charge < -0.3 is 5.32 Å². The zero-order valence-electron chi connectivity index (χ0n) is 13.7. The van der Waals surface area contributed by atoms with Crippen molar-refractivity contribution in [2.24, 2.45) is 0 Å². The molecule has 2 aromatic rings. The summed E-state index contributed by atoms with van der Waals surface area (Å²) < 4.78 is 26.7. The van der Waals surface area contributed by atoms with E-state index in [0.29, 0.717) is 10.2 Å². The van der Waals surface area contributed by atoms with E-state index in [-0.39, 0.29) is 17.3 Å². The highest BCUT2D eigenvalue weighted by atomic mass is 79.9. The van der Waals surface area contributed by atoms with Crippen LogP contribution in [0.15, 0.2) is 51.8 Å². The third-order valence-corrected chi connectivity index (χ3v) is 6.04. The van der Waals surface area contributed by atoms with Crippen LogP contribution in [0.25, 0.3) is 0 Å². The number of hydrogen-bond acceptors (Lipinski definition) is 3. The topological polar surface area (TPSA) is 66.5 Å². The Morgan fingerprint density at radius 3 is 2.50 bits per heavy atom. The number of aryl methyl sites for hydroxylation is 1. The maximum absolute atomic E-state index is 12.5. The van der Waals surface area contributed by atoms with Crippen LogP contribution in [0, 0.1) is 13.8 Å². The summed E-state index contributed by atoms with van der Waals surface area (Å²) in [4.78, 5) is 12.3. The third kappa shape index (κ3) is 4.23. The van der Waals surface area contributed by atoms with E-state index in [0.717, 1.165) is 15.4 Å². The van der Waals surface area contributed by atoms with Crippen LogP contribution in [-0.2, 0) is 14.8 Å². The molecule has 24 heavy (non-hydrogen) atoms. The predicted octanol–water partition coefficient (Wildman–Crippen LogP) is 3.33. The minimum atomic E-state index is -3.72. The van der Waals surface area contributed by atoms with Crippen LogP contribution in [0.4, 0.5) is 5.69 Å². The maximum atomic E-state index is 12.5. The van der Waals surface area contributed by atoms with Gasteiger partial charge in [0.15, 0.2) is 0 Å². The van der Waals surface area contributed by atoms with Crippen LogP contribution in [0.1, 0.15) is 11.1 Å². The van der Waals surface area contributed by atoms with Gasteiger partial charge >= 0.3 is 0 Å². The highest BCUT2D eigenvalue weighted by Crippen LogP contribution is 2.20. The van der Waals surface area contributed by atoms with Crippen LogP contribution < -0.4 is 5.32 Å². The fraction of sp³-hybridized carbons (Fsp3) is 0.235. The number of sulfonamides is 1. The molecule has 0 aliphatic carbocycles. The number of benzene rings is 2. The van der Waals surface area contributed by atoms with E-state index in [1.165, 1.54) is 19.2 Å². The molecule has 0 fully saturated rings. The number of halogens is 1. The molecular formula is C17H19BrN2O3S. The molecule has 2 rings (SSSR count). The average Bonchev–Trinajstić information content (AvgIpc) is 2.51. The van der Waals surface area contributed by atoms with Crippen molar-refractivity contribution in [3.8, 4) is 0 Å². The van der Waals surface area contributed by atoms with Gasteiger partial charge in [0.2, 0.25) is 15.9 Å². The number of amides is 1. The van der Waals surface area contributed by atoms with Gasteiger partial charge in [-0.2, -0.15) is 4.31 Å². The lowest BCUT2D eigenvalue weighted by atomic mass is 10.1. The van der Waals surface area contributed by atoms with Crippen molar-refractivity contribution in [2.45, 2.75) is 18.7 Å². The monoisotopic (exact) mass is 410 g/mol. The molecule has 0 saturated heterocycles. The third-order valence-electron chi connectivity index (χ3n) is 3.75. The van der Waals surface area contributed by atoms with Crippen LogP contribution in [-0.4, -0.2) is 32.2 Å². The highest BCUT2D eigenvalue weighted by Gasteiger charge is 2.23. The first-order valence-electron chi connectivity index (χ1n) is 7.30. The molecule has 1 N–H and O–H groups in total. The molecule has 0 spiro atoms. The second-order valence-corrected chi connectivity index (χ2v) is 8.47. The van der Waals surface area contributed by atoms with Gasteiger partial charge in [-0.1, -0.05) is 34.1 Å². The second kappa shape index (κ2) is 7.46. The number of likely N-dealkylation sites (N-methyl/N-ethyl adjacent to an activating group) is 1. The summed E-state index contributed by atoms with van der Waals surface area (Å²) in [6.07, 6.45) is 0. The number of carbonyl (C=O) groups is 1. The molecule has 0 bridgehead atoms. The SMILES string of the molecule is Cc1cccc(NC(=O)CN(C)S(=O)(=O)c2cccc(Br)c2)c1C. The summed E-state index contributed by atoms with van der Waals surface area (Å²) in [6, 6.07) is 12.0. The Balaban J connectivity index is 2.12. The molecule has 0 atom stereocenters. The fourth-order valence-electron chi connectivity index (χ4n) is 2.17. The van der Waals surface area contributed by atoms with Crippen LogP contribution in [0.2, 0.25) is 0 Å². The summed E-state index contributed by atoms with van der Waals surface area (Å²) in [5.41, 5.74) is 2.71. The molecule has 7 heteroatoms. The van der Waals surface area contributed by atoms with E-state index in [4.69, 9.17) is 0 Å². The number of nitrogens with zero attached hydrogens (tertiary/aromatic N) is 1. The summed E-state index contributed by atoms with van der Waals surface area (Å²) >= 11 is 3.25. The van der Waals surface area contributed by atoms with Gasteiger partial charge in [-0.15, -0.1) is 0 Å². The van der Waals surface area contributed by atoms with Crippen molar-refractivity contribution in [1.29, 1.82) is 0 Å². The first kappa shape index (κ1) is 18.6. The Bertz CT molecular complexity index is 866. The lowest BCUT2D eigenvalue weighted by molar-refractivity contribution is -0.116. The van der Waals surface area contributed by atoms with Gasteiger partial charge in [0.05, 0.1) is 11.4 Å². The Labute approximate surface area is 150 Å². The number of rotatable bonds is 5. The normalized spacial score (nSPS) is 11.5. The summed E-state index contributed by atoms with van der Waals surface area (Å²) in [5, 5.41) is 2.76. The average molecular weight is 411 g/mol. The van der Waals surface area contributed by atoms with Crippen molar-refractivity contribution < 1.29 is 13.2 Å². The van der Waals surface area contributed by atoms with Crippen molar-refractivity contribution in [2.75, 3.05) is 18.9 Å². The Morgan fingerprint density at radius 2 is 1.83 bits per heavy atom. The summed E-state index contributed by atoms with van der Waals surface area (Å²) in [6.45, 7) is 3.60. The number of hydrogen-bond donors (Lipinski definition) is 1. The van der Waals surface area contributed by atoms with Crippen molar-refractivity contribution in [3.63, 3.8) is 0 Å². The maximum Gasteiger partial charge on any atom is 0.243 e. The largest absolute Gasteiger partial charge is 0.325 e. The summed E-state index contributed by atoms with van der Waals surface area (Å²) in [7, 11) is -2.34. The number of anilines is 1. The van der Waals surface area contributed by atoms with Gasteiger partial charge in [0, 0.05) is 17.2 Å². The Morgan fingerprint density at radius 1 is 1.17 bits per heavy atom. The molecule has 0 aliphatic rings. The summed E-state index contributed by atoms with van der Waals surface area (Å²) in [5.74, 6) is -0.384. The van der Waals surface area contributed by atoms with Crippen LogP contribution in [0.3, 0.4) is 0 Å². The van der Waals surface area contributed by atoms with Crippen molar-refractivity contribution in [1.82, 2.24) is 4.31 Å². The van der Waals surface area contributed by atoms with Crippen LogP contribution in [0.5, 0.6) is 0 Å². The van der Waals surface area contributed by atoms with Gasteiger partial charge in [-0.05, 0) is 49.2 Å². The van der Waals surface area contributed by atoms with E-state index < -0.39 is 10.0 Å². The van der Waals surface area contributed by atoms with E-state index in [1.54, 1.807) is 18.2 Å². The zero-order chi connectivity index (χ0) is 17.9. The van der Waals surface area contributed by atoms with Gasteiger partial charge in [-0.25, -0.2) is 8.42 Å². The van der Waals surface area contributed by atoms with Crippen LogP contribution >= 0.6 is 15.9 Å². The predicted molar refractivity (Wildman–Crippen MR) is 98.5 cm³/mol. The smallest absolute Gasteiger partial charge is 0.243 e. The molecule has 0 unspecified atom stereocenters. The molecule has 2 aromatic carbocycles. The van der Waals surface area contributed by atoms with E-state index >= 15 is 0 Å². The van der Waals surface area contributed by atoms with Gasteiger partial charge in [0.25, 0.3) is 0 Å². The molecule has 128 valence electrons. The zero-order valence-corrected chi connectivity index (χ0v) is 16.1. The molecule has 0 aliphatic heterocycles. The molecule has 0 heterocycles. The molecular weight excluding hydrogens is 392 g/mol. The van der Waals surface area contributed by atoms with Crippen molar-refractivity contribution in [3.05, 3.63) is 58.1 Å². The minimum Gasteiger partial charge on any atom is -0.325 e. The number of carbonyl (C=O) groups excluding carboxylic acids is 1. The molecule has 0 radical (unpaired) electrons. The highest BCUT2D eigenvalue weighted by molar-refractivity contribution is 9.10. The Kier molecular flexibility index (Phi) is 5.79. The molecule has 5 nitrogen and oxygen atoms in total. The van der Waals surface area contributed by atoms with Gasteiger partial charge in [-0.3, -0.25) is 4.79 Å². The standard InChI is InChI=1S/C17H19BrN2O3S/c1-12-6-4-9-16(13(12)2)19-17(21)11-20(3)24(22,23)15-8-5-7-14(18)10-15/h4-10H,11H2,1-3H3,(H,19,21). The first-order valence-corrected chi connectivity index (χ1v) is 9.53. The van der Waals surface area contributed by atoms with E-state index in [2.05, 4.69) is 21.2 Å². The number of nitrogens with one attached hydrogen (secondary N) is 1.